The van der Waals surface area contributed by atoms with Crippen molar-refractivity contribution in [2.45, 2.75) is 51.5 Å². The van der Waals surface area contributed by atoms with Gasteiger partial charge in [-0.3, -0.25) is 14.5 Å². The lowest BCUT2D eigenvalue weighted by Crippen LogP contribution is -2.47. The first kappa shape index (κ1) is 23.4. The molecule has 1 aliphatic heterocycles. The summed E-state index contributed by atoms with van der Waals surface area (Å²) in [4.78, 5) is 31.9. The third kappa shape index (κ3) is 7.43. The fourth-order valence-electron chi connectivity index (χ4n) is 4.04. The van der Waals surface area contributed by atoms with Crippen LogP contribution >= 0.6 is 11.3 Å². The van der Waals surface area contributed by atoms with Crippen LogP contribution in [0.3, 0.4) is 0 Å². The van der Waals surface area contributed by atoms with E-state index in [-0.39, 0.29) is 23.8 Å². The Bertz CT molecular complexity index is 797. The zero-order chi connectivity index (χ0) is 21.9. The number of benzene rings is 1. The van der Waals surface area contributed by atoms with E-state index < -0.39 is 0 Å². The Morgan fingerprint density at radius 1 is 1.23 bits per heavy atom. The lowest BCUT2D eigenvalue weighted by molar-refractivity contribution is -0.129. The van der Waals surface area contributed by atoms with Crippen molar-refractivity contribution in [3.63, 3.8) is 0 Å². The van der Waals surface area contributed by atoms with Crippen LogP contribution in [0.25, 0.3) is 0 Å². The molecule has 1 saturated heterocycles. The molecule has 1 fully saturated rings. The number of carbonyl (C=O) groups is 2. The molecule has 168 valence electrons. The average molecular weight is 443 g/mol. The van der Waals surface area contributed by atoms with Gasteiger partial charge in [-0.1, -0.05) is 56.5 Å². The van der Waals surface area contributed by atoms with Crippen LogP contribution in [-0.2, 0) is 9.59 Å². The number of nitrogens with one attached hydrogen (secondary N) is 2. The number of hydrogen-bond donors (Lipinski definition) is 2. The van der Waals surface area contributed by atoms with Crippen molar-refractivity contribution in [2.24, 2.45) is 5.92 Å². The highest BCUT2D eigenvalue weighted by molar-refractivity contribution is 7.09. The second kappa shape index (κ2) is 12.6. The second-order valence-corrected chi connectivity index (χ2v) is 9.13. The minimum atomic E-state index is -0.249. The molecule has 1 aromatic carbocycles. The molecule has 2 atom stereocenters. The van der Waals surface area contributed by atoms with Gasteiger partial charge in [-0.15, -0.1) is 11.3 Å². The molecule has 0 aliphatic carbocycles. The molecule has 3 rings (SSSR count). The van der Waals surface area contributed by atoms with Gasteiger partial charge in [-0.2, -0.15) is 0 Å². The number of piperidine rings is 1. The molecular formula is C24H34N4O2S. The van der Waals surface area contributed by atoms with E-state index in [0.717, 1.165) is 49.3 Å². The van der Waals surface area contributed by atoms with E-state index in [0.29, 0.717) is 13.1 Å². The Hall–Kier alpha value is -2.25. The van der Waals surface area contributed by atoms with E-state index in [1.54, 1.807) is 6.20 Å². The number of nitrogens with zero attached hydrogens (tertiary/aromatic N) is 2. The largest absolute Gasteiger partial charge is 0.356 e. The van der Waals surface area contributed by atoms with Crippen molar-refractivity contribution in [1.82, 2.24) is 20.5 Å². The van der Waals surface area contributed by atoms with Gasteiger partial charge in [-0.05, 0) is 31.4 Å². The highest BCUT2D eigenvalue weighted by Gasteiger charge is 2.27. The standard InChI is InChI=1S/C24H34N4O2S/c1-2-3-4-8-13-25-23(30)20-12-9-15-28(17-20)18-21(29)27-22(24-26-14-16-31-24)19-10-6-5-7-11-19/h5-7,10-11,14,16,20,22H,2-4,8-9,12-13,15,17-18H2,1H3,(H,25,30)(H,27,29). The summed E-state index contributed by atoms with van der Waals surface area (Å²) >= 11 is 1.54. The molecule has 1 aliphatic rings. The van der Waals surface area contributed by atoms with E-state index in [2.05, 4.69) is 27.4 Å². The summed E-state index contributed by atoms with van der Waals surface area (Å²) in [6.07, 6.45) is 8.21. The van der Waals surface area contributed by atoms with E-state index in [1.807, 2.05) is 35.7 Å². The van der Waals surface area contributed by atoms with Crippen molar-refractivity contribution in [1.29, 1.82) is 0 Å². The first-order chi connectivity index (χ1) is 15.2. The summed E-state index contributed by atoms with van der Waals surface area (Å²) in [5, 5.41) is 9.03. The van der Waals surface area contributed by atoms with Crippen molar-refractivity contribution >= 4 is 23.2 Å². The molecule has 1 aromatic heterocycles. The van der Waals surface area contributed by atoms with Crippen molar-refractivity contribution < 1.29 is 9.59 Å². The minimum Gasteiger partial charge on any atom is -0.356 e. The normalized spacial score (nSPS) is 17.8. The van der Waals surface area contributed by atoms with E-state index >= 15 is 0 Å². The first-order valence-corrected chi connectivity index (χ1v) is 12.3. The third-order valence-corrected chi connectivity index (χ3v) is 6.55. The molecule has 0 bridgehead atoms. The van der Waals surface area contributed by atoms with Gasteiger partial charge in [0.1, 0.15) is 11.0 Å². The molecule has 2 N–H and O–H groups in total. The number of likely N-dealkylation sites (tertiary alicyclic amines) is 1. The average Bonchev–Trinajstić information content (AvgIpc) is 3.32. The number of hydrogen-bond acceptors (Lipinski definition) is 5. The summed E-state index contributed by atoms with van der Waals surface area (Å²) in [5.74, 6) is 0.0628. The molecule has 0 saturated carbocycles. The molecule has 7 heteroatoms. The maximum Gasteiger partial charge on any atom is 0.235 e. The van der Waals surface area contributed by atoms with E-state index in [9.17, 15) is 9.59 Å². The molecular weight excluding hydrogens is 408 g/mol. The quantitative estimate of drug-likeness (QED) is 0.520. The van der Waals surface area contributed by atoms with Crippen LogP contribution < -0.4 is 10.6 Å². The summed E-state index contributed by atoms with van der Waals surface area (Å²) in [5.41, 5.74) is 1.02. The van der Waals surface area contributed by atoms with Crippen LogP contribution in [0.5, 0.6) is 0 Å². The van der Waals surface area contributed by atoms with Gasteiger partial charge in [0.25, 0.3) is 0 Å². The monoisotopic (exact) mass is 442 g/mol. The molecule has 6 nitrogen and oxygen atoms in total. The van der Waals surface area contributed by atoms with Crippen LogP contribution in [0.4, 0.5) is 0 Å². The van der Waals surface area contributed by atoms with Gasteiger partial charge in [-0.25, -0.2) is 4.98 Å². The molecule has 0 radical (unpaired) electrons. The number of rotatable bonds is 11. The lowest BCUT2D eigenvalue weighted by atomic mass is 9.97. The number of amides is 2. The molecule has 2 heterocycles. The zero-order valence-corrected chi connectivity index (χ0v) is 19.2. The SMILES string of the molecule is CCCCCCNC(=O)C1CCCN(CC(=O)NC(c2ccccc2)c2nccs2)C1. The Balaban J connectivity index is 1.50. The summed E-state index contributed by atoms with van der Waals surface area (Å²) in [6, 6.07) is 9.67. The smallest absolute Gasteiger partial charge is 0.235 e. The predicted molar refractivity (Wildman–Crippen MR) is 125 cm³/mol. The van der Waals surface area contributed by atoms with Crippen molar-refractivity contribution in [3.8, 4) is 0 Å². The second-order valence-electron chi connectivity index (χ2n) is 8.21. The highest BCUT2D eigenvalue weighted by atomic mass is 32.1. The first-order valence-electron chi connectivity index (χ1n) is 11.4. The van der Waals surface area contributed by atoms with Crippen molar-refractivity contribution in [2.75, 3.05) is 26.2 Å². The van der Waals surface area contributed by atoms with E-state index in [1.165, 1.54) is 24.2 Å². The fraction of sp³-hybridized carbons (Fsp3) is 0.542. The van der Waals surface area contributed by atoms with Crippen LogP contribution in [0.2, 0.25) is 0 Å². The number of thiazole rings is 1. The van der Waals surface area contributed by atoms with Crippen LogP contribution in [0, 0.1) is 5.92 Å². The summed E-state index contributed by atoms with van der Waals surface area (Å²) < 4.78 is 0. The van der Waals surface area contributed by atoms with Crippen molar-refractivity contribution in [3.05, 3.63) is 52.5 Å². The Morgan fingerprint density at radius 3 is 2.81 bits per heavy atom. The topological polar surface area (TPSA) is 74.3 Å². The Morgan fingerprint density at radius 2 is 2.06 bits per heavy atom. The van der Waals surface area contributed by atoms with Crippen LogP contribution in [0.15, 0.2) is 41.9 Å². The Labute approximate surface area is 189 Å². The number of unbranched alkanes of at least 4 members (excludes halogenated alkanes) is 3. The van der Waals surface area contributed by atoms with Gasteiger partial charge in [0.2, 0.25) is 11.8 Å². The van der Waals surface area contributed by atoms with E-state index in [4.69, 9.17) is 0 Å². The molecule has 2 aromatic rings. The number of carbonyl (C=O) groups excluding carboxylic acids is 2. The van der Waals surface area contributed by atoms with Gasteiger partial charge in [0.05, 0.1) is 12.5 Å². The van der Waals surface area contributed by atoms with Gasteiger partial charge >= 0.3 is 0 Å². The van der Waals surface area contributed by atoms with Gasteiger partial charge in [0.15, 0.2) is 0 Å². The van der Waals surface area contributed by atoms with Crippen LogP contribution in [0.1, 0.15) is 62.1 Å². The lowest BCUT2D eigenvalue weighted by Gasteiger charge is -2.32. The fourth-order valence-corrected chi connectivity index (χ4v) is 4.75. The molecule has 2 amide bonds. The maximum absolute atomic E-state index is 12.9. The Kier molecular flexibility index (Phi) is 9.49. The van der Waals surface area contributed by atoms with Crippen LogP contribution in [-0.4, -0.2) is 47.9 Å². The summed E-state index contributed by atoms with van der Waals surface area (Å²) in [6.45, 7) is 4.73. The zero-order valence-electron chi connectivity index (χ0n) is 18.4. The van der Waals surface area contributed by atoms with Gasteiger partial charge in [0, 0.05) is 24.7 Å². The minimum absolute atomic E-state index is 0.0309. The third-order valence-electron chi connectivity index (χ3n) is 5.71. The molecule has 0 spiro atoms. The highest BCUT2D eigenvalue weighted by Crippen LogP contribution is 2.24. The molecule has 31 heavy (non-hydrogen) atoms. The number of aromatic nitrogens is 1. The maximum atomic E-state index is 12.9. The summed E-state index contributed by atoms with van der Waals surface area (Å²) in [7, 11) is 0. The van der Waals surface area contributed by atoms with Gasteiger partial charge < -0.3 is 10.6 Å². The predicted octanol–water partition coefficient (Wildman–Crippen LogP) is 3.76. The molecule has 2 unspecified atom stereocenters.